The number of urea groups is 1. The number of aromatic nitrogens is 5. The van der Waals surface area contributed by atoms with Crippen LogP contribution in [0.25, 0.3) is 22.2 Å². The molecule has 36 heavy (non-hydrogen) atoms. The zero-order chi connectivity index (χ0) is 25.1. The van der Waals surface area contributed by atoms with Gasteiger partial charge >= 0.3 is 6.03 Å². The van der Waals surface area contributed by atoms with E-state index in [1.54, 1.807) is 0 Å². The van der Waals surface area contributed by atoms with E-state index >= 15 is 0 Å². The Kier molecular flexibility index (Phi) is 6.54. The number of benzene rings is 2. The van der Waals surface area contributed by atoms with Crippen molar-refractivity contribution in [3.05, 3.63) is 54.4 Å². The summed E-state index contributed by atoms with van der Waals surface area (Å²) >= 11 is 0. The highest BCUT2D eigenvalue weighted by Gasteiger charge is 2.26. The maximum Gasteiger partial charge on any atom is 0.319 e. The van der Waals surface area contributed by atoms with Gasteiger partial charge in [0.1, 0.15) is 18.4 Å². The van der Waals surface area contributed by atoms with E-state index in [0.717, 1.165) is 34.5 Å². The van der Waals surface area contributed by atoms with E-state index in [0.29, 0.717) is 30.3 Å². The minimum absolute atomic E-state index is 0.0497. The van der Waals surface area contributed by atoms with Crippen LogP contribution in [0.5, 0.6) is 5.75 Å². The zero-order valence-electron chi connectivity index (χ0n) is 20.3. The molecule has 0 aliphatic heterocycles. The fourth-order valence-electron chi connectivity index (χ4n) is 4.26. The first-order valence-electron chi connectivity index (χ1n) is 12.1. The van der Waals surface area contributed by atoms with E-state index in [1.165, 1.54) is 24.0 Å². The summed E-state index contributed by atoms with van der Waals surface area (Å²) in [5.41, 5.74) is 4.13. The number of nitriles is 1. The number of tetrazole rings is 1. The lowest BCUT2D eigenvalue weighted by atomic mass is 10.1. The van der Waals surface area contributed by atoms with Gasteiger partial charge in [0.05, 0.1) is 23.3 Å². The molecule has 0 spiro atoms. The maximum absolute atomic E-state index is 12.1. The molecule has 0 atom stereocenters. The summed E-state index contributed by atoms with van der Waals surface area (Å²) in [5, 5.41) is 28.2. The van der Waals surface area contributed by atoms with Crippen molar-refractivity contribution in [2.75, 3.05) is 11.9 Å². The molecule has 4 aromatic rings. The van der Waals surface area contributed by atoms with Gasteiger partial charge in [-0.05, 0) is 67.6 Å². The van der Waals surface area contributed by atoms with Crippen LogP contribution in [0.4, 0.5) is 10.5 Å². The fourth-order valence-corrected chi connectivity index (χ4v) is 4.26. The molecule has 1 saturated carbocycles. The third kappa shape index (κ3) is 5.15. The van der Waals surface area contributed by atoms with Crippen LogP contribution in [-0.2, 0) is 13.1 Å². The highest BCUT2D eigenvalue weighted by atomic mass is 16.5. The molecule has 2 N–H and O–H groups in total. The Morgan fingerprint density at radius 1 is 1.22 bits per heavy atom. The standard InChI is InChI=1S/C26H28N8O2/c1-17(2)30-26(35)31-20-7-5-19(6-8-20)25-23(14-27)22-10-9-21(36-12-11-34-29-16-28-32-34)13-24(22)33(25)15-18-3-4-18/h5-10,13,16-18H,3-4,11-12,15H2,1-2H3,(H2,30,31,35). The van der Waals surface area contributed by atoms with Crippen molar-refractivity contribution >= 4 is 22.6 Å². The number of ether oxygens (including phenoxy) is 1. The van der Waals surface area contributed by atoms with Crippen molar-refractivity contribution in [3.8, 4) is 23.1 Å². The quantitative estimate of drug-likeness (QED) is 0.367. The van der Waals surface area contributed by atoms with Crippen LogP contribution in [-0.4, -0.2) is 43.5 Å². The molecule has 2 aromatic heterocycles. The van der Waals surface area contributed by atoms with Crippen LogP contribution < -0.4 is 15.4 Å². The second-order valence-electron chi connectivity index (χ2n) is 9.28. The summed E-state index contributed by atoms with van der Waals surface area (Å²) in [5.74, 6) is 1.33. The summed E-state index contributed by atoms with van der Waals surface area (Å²) in [6, 6.07) is 15.7. The largest absolute Gasteiger partial charge is 0.492 e. The number of nitrogens with zero attached hydrogens (tertiary/aromatic N) is 6. The zero-order valence-corrected chi connectivity index (χ0v) is 20.3. The van der Waals surface area contributed by atoms with Crippen LogP contribution in [0.2, 0.25) is 0 Å². The third-order valence-electron chi connectivity index (χ3n) is 6.07. The van der Waals surface area contributed by atoms with Gasteiger partial charge in [0.2, 0.25) is 0 Å². The van der Waals surface area contributed by atoms with Gasteiger partial charge in [-0.2, -0.15) is 10.1 Å². The smallest absolute Gasteiger partial charge is 0.319 e. The lowest BCUT2D eigenvalue weighted by molar-refractivity contribution is 0.250. The van der Waals surface area contributed by atoms with Crippen LogP contribution in [0.1, 0.15) is 32.3 Å². The topological polar surface area (TPSA) is 123 Å². The number of carbonyl (C=O) groups is 1. The van der Waals surface area contributed by atoms with E-state index in [9.17, 15) is 10.1 Å². The molecule has 0 saturated heterocycles. The maximum atomic E-state index is 12.1. The molecular weight excluding hydrogens is 456 g/mol. The Hall–Kier alpha value is -4.39. The Morgan fingerprint density at radius 2 is 2.03 bits per heavy atom. The number of nitrogens with one attached hydrogen (secondary N) is 2. The molecule has 2 heterocycles. The summed E-state index contributed by atoms with van der Waals surface area (Å²) in [6.45, 7) is 5.56. The Labute approximate surface area is 208 Å². The van der Waals surface area contributed by atoms with Crippen molar-refractivity contribution in [3.63, 3.8) is 0 Å². The molecule has 5 rings (SSSR count). The van der Waals surface area contributed by atoms with E-state index in [2.05, 4.69) is 36.7 Å². The lowest BCUT2D eigenvalue weighted by Crippen LogP contribution is -2.34. The Bertz CT molecular complexity index is 1400. The van der Waals surface area contributed by atoms with E-state index in [-0.39, 0.29) is 12.1 Å². The summed E-state index contributed by atoms with van der Waals surface area (Å²) in [4.78, 5) is 13.5. The fraction of sp³-hybridized carbons (Fsp3) is 0.346. The minimum atomic E-state index is -0.245. The van der Waals surface area contributed by atoms with Gasteiger partial charge in [-0.25, -0.2) is 4.79 Å². The van der Waals surface area contributed by atoms with Crippen molar-refractivity contribution < 1.29 is 9.53 Å². The van der Waals surface area contributed by atoms with Gasteiger partial charge < -0.3 is 19.9 Å². The van der Waals surface area contributed by atoms with E-state index in [1.807, 2.05) is 56.3 Å². The molecule has 1 aliphatic rings. The molecule has 0 unspecified atom stereocenters. The molecule has 10 heteroatoms. The van der Waals surface area contributed by atoms with Gasteiger partial charge in [-0.1, -0.05) is 12.1 Å². The number of hydrogen-bond acceptors (Lipinski definition) is 6. The van der Waals surface area contributed by atoms with Gasteiger partial charge in [0, 0.05) is 29.7 Å². The number of fused-ring (bicyclic) bond motifs is 1. The van der Waals surface area contributed by atoms with Crippen LogP contribution in [0, 0.1) is 17.2 Å². The Balaban J connectivity index is 1.45. The first kappa shape index (κ1) is 23.4. The molecule has 2 aromatic carbocycles. The minimum Gasteiger partial charge on any atom is -0.492 e. The van der Waals surface area contributed by atoms with Crippen LogP contribution >= 0.6 is 0 Å². The van der Waals surface area contributed by atoms with Crippen molar-refractivity contribution in [2.24, 2.45) is 5.92 Å². The average molecular weight is 485 g/mol. The van der Waals surface area contributed by atoms with E-state index < -0.39 is 0 Å². The average Bonchev–Trinajstić information content (AvgIpc) is 3.42. The van der Waals surface area contributed by atoms with Gasteiger partial charge in [0.15, 0.2) is 6.33 Å². The molecule has 1 aliphatic carbocycles. The number of carbonyl (C=O) groups excluding carboxylic acids is 1. The van der Waals surface area contributed by atoms with Crippen LogP contribution in [0.15, 0.2) is 48.8 Å². The first-order valence-corrected chi connectivity index (χ1v) is 12.1. The number of rotatable bonds is 9. The molecular formula is C26H28N8O2. The van der Waals surface area contributed by atoms with Crippen molar-refractivity contribution in [1.29, 1.82) is 5.26 Å². The third-order valence-corrected chi connectivity index (χ3v) is 6.07. The van der Waals surface area contributed by atoms with Crippen molar-refractivity contribution in [2.45, 2.75) is 45.8 Å². The molecule has 10 nitrogen and oxygen atoms in total. The molecule has 0 radical (unpaired) electrons. The SMILES string of the molecule is CC(C)NC(=O)Nc1ccc(-c2c(C#N)c3ccc(OCCn4ncnn4)cc3n2CC2CC2)cc1. The predicted molar refractivity (Wildman–Crippen MR) is 135 cm³/mol. The molecule has 2 amide bonds. The lowest BCUT2D eigenvalue weighted by Gasteiger charge is -2.13. The van der Waals surface area contributed by atoms with Crippen LogP contribution in [0.3, 0.4) is 0 Å². The van der Waals surface area contributed by atoms with Gasteiger partial charge in [0.25, 0.3) is 0 Å². The number of anilines is 1. The van der Waals surface area contributed by atoms with Gasteiger partial charge in [-0.3, -0.25) is 0 Å². The molecule has 184 valence electrons. The second kappa shape index (κ2) is 10.1. The second-order valence-corrected chi connectivity index (χ2v) is 9.28. The van der Waals surface area contributed by atoms with E-state index in [4.69, 9.17) is 4.74 Å². The number of hydrogen-bond donors (Lipinski definition) is 2. The predicted octanol–water partition coefficient (Wildman–Crippen LogP) is 4.19. The monoisotopic (exact) mass is 484 g/mol. The molecule has 0 bridgehead atoms. The Morgan fingerprint density at radius 3 is 2.69 bits per heavy atom. The molecule has 1 fully saturated rings. The summed E-state index contributed by atoms with van der Waals surface area (Å²) in [6.07, 6.45) is 3.77. The normalized spacial score (nSPS) is 13.1. The van der Waals surface area contributed by atoms with Crippen molar-refractivity contribution in [1.82, 2.24) is 30.1 Å². The first-order chi connectivity index (χ1) is 17.5. The highest BCUT2D eigenvalue weighted by Crippen LogP contribution is 2.39. The number of amides is 2. The summed E-state index contributed by atoms with van der Waals surface area (Å²) < 4.78 is 8.20. The van der Waals surface area contributed by atoms with Gasteiger partial charge in [-0.15, -0.1) is 10.2 Å². The summed E-state index contributed by atoms with van der Waals surface area (Å²) in [7, 11) is 0. The highest BCUT2D eigenvalue weighted by molar-refractivity contribution is 5.96.